The van der Waals surface area contributed by atoms with Crippen LogP contribution in [0.4, 0.5) is 22.9 Å². The molecule has 0 saturated heterocycles. The van der Waals surface area contributed by atoms with E-state index in [1.54, 1.807) is 0 Å². The minimum absolute atomic E-state index is 0.0536. The van der Waals surface area contributed by atoms with Gasteiger partial charge in [-0.2, -0.15) is 0 Å². The Morgan fingerprint density at radius 2 is 1.03 bits per heavy atom. The van der Waals surface area contributed by atoms with E-state index >= 15 is 0 Å². The van der Waals surface area contributed by atoms with Gasteiger partial charge in [0.1, 0.15) is 0 Å². The van der Waals surface area contributed by atoms with Crippen molar-refractivity contribution < 1.29 is 24.1 Å². The molecule has 0 fully saturated rings. The Kier molecular flexibility index (Phi) is 10.7. The molecule has 0 N–H and O–H groups in total. The van der Waals surface area contributed by atoms with Crippen LogP contribution in [0.2, 0.25) is 0 Å². The van der Waals surface area contributed by atoms with E-state index in [0.29, 0.717) is 11.6 Å². The number of para-hydroxylation sites is 6. The summed E-state index contributed by atoms with van der Waals surface area (Å²) in [6.07, 6.45) is 0. The van der Waals surface area contributed by atoms with Crippen LogP contribution in [0.1, 0.15) is 26.3 Å². The number of nitrogens with zero attached hydrogens (tertiary/aromatic N) is 5. The summed E-state index contributed by atoms with van der Waals surface area (Å²) in [4.78, 5) is 9.93. The number of anilines is 4. The van der Waals surface area contributed by atoms with Gasteiger partial charge in [-0.1, -0.05) is 60.7 Å². The fraction of sp³-hybridized carbons (Fsp3) is 0.0690. The van der Waals surface area contributed by atoms with Crippen LogP contribution in [0.25, 0.3) is 44.7 Å². The molecule has 1 aliphatic rings. The molecule has 10 aromatic rings. The monoisotopic (exact) mass is 1030 g/mol. The van der Waals surface area contributed by atoms with Gasteiger partial charge in [0, 0.05) is 5.69 Å². The molecule has 1 aliphatic heterocycles. The fourth-order valence-electron chi connectivity index (χ4n) is 9.28. The number of fused-ring (bicyclic) bond motifs is 2. The molecule has 0 atom stereocenters. The maximum atomic E-state index is 6.74. The molecule has 322 valence electrons. The van der Waals surface area contributed by atoms with Crippen molar-refractivity contribution in [3.05, 3.63) is 234 Å². The van der Waals surface area contributed by atoms with Crippen LogP contribution < -0.4 is 19.8 Å². The Bertz CT molecular complexity index is 3420. The molecule has 11 rings (SSSR count). The molecule has 2 aromatic heterocycles. The second kappa shape index (κ2) is 17.2. The standard InChI is InChI=1S/C58H46BN5O.Pt/c1-58(2,3)44-38-36-43(37-39-44)50-29-18-28-49(42-20-7-4-8-21-42)57(50)62-41-61(51-30-13-14-31-52(51)62)47-26-17-27-48(40-47)65-56-35-19-34-55(60-56)64-54-33-16-15-32-53(54)63(46-24-11-6-12-25-46)59(64)45-22-9-5-10-23-45;/h4-40H,1-3H3;. The number of aromatic nitrogens is 3. The van der Waals surface area contributed by atoms with Crippen molar-refractivity contribution in [3.63, 3.8) is 0 Å². The number of benzene rings is 8. The number of hydrogen-bond acceptors (Lipinski definition) is 4. The number of pyridine rings is 1. The fourth-order valence-corrected chi connectivity index (χ4v) is 10.4. The maximum absolute atomic E-state index is 6.74. The van der Waals surface area contributed by atoms with Crippen LogP contribution >= 0.6 is 0 Å². The van der Waals surface area contributed by atoms with Gasteiger partial charge in [-0.15, -0.1) is 0 Å². The summed E-state index contributed by atoms with van der Waals surface area (Å²) in [5.41, 5.74) is 14.7. The van der Waals surface area contributed by atoms with Gasteiger partial charge < -0.3 is 0 Å². The molecule has 3 heterocycles. The first-order valence-electron chi connectivity index (χ1n) is 22.3. The Hall–Kier alpha value is -7.47. The third kappa shape index (κ3) is 7.49. The van der Waals surface area contributed by atoms with Gasteiger partial charge in [0.25, 0.3) is 0 Å². The zero-order valence-electron chi connectivity index (χ0n) is 36.9. The second-order valence-corrected chi connectivity index (χ2v) is 18.6. The van der Waals surface area contributed by atoms with Crippen molar-refractivity contribution >= 4 is 46.4 Å². The van der Waals surface area contributed by atoms with Gasteiger partial charge >= 0.3 is 315 Å². The summed E-state index contributed by atoms with van der Waals surface area (Å²) >= 11 is 2.50. The predicted octanol–water partition coefficient (Wildman–Crippen LogP) is 14.0. The number of rotatable bonds is 9. The molecule has 0 bridgehead atoms. The van der Waals surface area contributed by atoms with E-state index in [4.69, 9.17) is 9.72 Å². The molecule has 0 amide bonds. The summed E-state index contributed by atoms with van der Waals surface area (Å²) in [5.74, 6) is 1.99. The number of imidazole rings is 1. The normalized spacial score (nSPS) is 12.5. The van der Waals surface area contributed by atoms with Crippen LogP contribution in [0.3, 0.4) is 0 Å². The Balaban J connectivity index is 1.00. The number of ether oxygens (including phenoxy) is 1. The van der Waals surface area contributed by atoms with Gasteiger partial charge in [0.15, 0.2) is 0 Å². The van der Waals surface area contributed by atoms with Crippen LogP contribution in [0.15, 0.2) is 224 Å². The first-order chi connectivity index (χ1) is 32.3. The third-order valence-corrected chi connectivity index (χ3v) is 13.4. The van der Waals surface area contributed by atoms with Gasteiger partial charge in [-0.05, 0) is 18.2 Å². The molecule has 8 aromatic carbocycles. The Morgan fingerprint density at radius 3 is 1.71 bits per heavy atom. The summed E-state index contributed by atoms with van der Waals surface area (Å²) < 4.78 is 12.5. The van der Waals surface area contributed by atoms with Gasteiger partial charge in [0.05, 0.1) is 0 Å². The van der Waals surface area contributed by atoms with E-state index in [9.17, 15) is 0 Å². The molecule has 0 spiro atoms. The topological polar surface area (TPSA) is 38.5 Å². The first kappa shape index (κ1) is 41.3. The summed E-state index contributed by atoms with van der Waals surface area (Å²) in [5, 5.41) is 0. The molecule has 0 radical (unpaired) electrons. The first-order valence-corrected chi connectivity index (χ1v) is 23.5. The van der Waals surface area contributed by atoms with Crippen molar-refractivity contribution in [1.82, 2.24) is 14.1 Å². The Labute approximate surface area is 397 Å². The van der Waals surface area contributed by atoms with Crippen molar-refractivity contribution in [1.29, 1.82) is 0 Å². The predicted molar refractivity (Wildman–Crippen MR) is 269 cm³/mol. The van der Waals surface area contributed by atoms with E-state index in [1.165, 1.54) is 11.1 Å². The van der Waals surface area contributed by atoms with Crippen molar-refractivity contribution in [2.45, 2.75) is 26.2 Å². The van der Waals surface area contributed by atoms with Crippen molar-refractivity contribution in [2.24, 2.45) is 0 Å². The molecule has 0 saturated carbocycles. The Morgan fingerprint density at radius 1 is 0.485 bits per heavy atom. The van der Waals surface area contributed by atoms with Crippen LogP contribution in [0.5, 0.6) is 11.6 Å². The molecular weight excluding hydrogens is 989 g/mol. The van der Waals surface area contributed by atoms with Crippen LogP contribution in [-0.2, 0) is 24.8 Å². The summed E-state index contributed by atoms with van der Waals surface area (Å²) in [7, 11) is 0. The van der Waals surface area contributed by atoms with Crippen molar-refractivity contribution in [2.75, 3.05) is 9.62 Å². The molecule has 0 aliphatic carbocycles. The van der Waals surface area contributed by atoms with Crippen molar-refractivity contribution in [3.8, 4) is 45.3 Å². The van der Waals surface area contributed by atoms with Gasteiger partial charge in [-0.25, -0.2) is 0 Å². The third-order valence-electron chi connectivity index (χ3n) is 12.4. The number of hydrogen-bond donors (Lipinski definition) is 0. The van der Waals surface area contributed by atoms with E-state index in [-0.39, 0.29) is 12.4 Å². The summed E-state index contributed by atoms with van der Waals surface area (Å²) in [6.45, 7) is 6.61. The van der Waals surface area contributed by atoms with E-state index in [1.807, 2.05) is 18.2 Å². The molecule has 0 unspecified atom stereocenters. The van der Waals surface area contributed by atoms with Gasteiger partial charge in [0.2, 0.25) is 0 Å². The average molecular weight is 1030 g/mol. The molecule has 66 heavy (non-hydrogen) atoms. The summed E-state index contributed by atoms with van der Waals surface area (Å²) in [6, 6.07) is 79.2. The van der Waals surface area contributed by atoms with Gasteiger partial charge in [-0.3, -0.25) is 0 Å². The van der Waals surface area contributed by atoms with E-state index in [2.05, 4.69) is 265 Å². The van der Waals surface area contributed by atoms with E-state index < -0.39 is 0 Å². The second-order valence-electron chi connectivity index (χ2n) is 17.6. The zero-order chi connectivity index (χ0) is 44.8. The molecule has 6 nitrogen and oxygen atoms in total. The minimum atomic E-state index is -0.177. The quantitative estimate of drug-likeness (QED) is 0.135. The average Bonchev–Trinajstić information content (AvgIpc) is 3.86. The van der Waals surface area contributed by atoms with Crippen LogP contribution in [0, 0.1) is 3.80 Å². The SMILES string of the molecule is CC(C)(C)c1ccc(-c2cccc(-c3ccccc3)c2-n2[c](=[Pt])n(-c3cccc(Oc4cccc(N5B(c6ccccc6)N(c6ccccc6)c6ccccc65)n4)c3)c3ccccc32)cc1. The zero-order valence-corrected chi connectivity index (χ0v) is 39.2. The molecular formula is C58H46BN5OPt. The van der Waals surface area contributed by atoms with Crippen LogP contribution in [-0.4, -0.2) is 21.1 Å². The van der Waals surface area contributed by atoms with E-state index in [0.717, 1.165) is 71.2 Å². The molecule has 8 heteroatoms.